The van der Waals surface area contributed by atoms with Crippen LogP contribution in [0.5, 0.6) is 0 Å². The summed E-state index contributed by atoms with van der Waals surface area (Å²) in [5.74, 6) is -0.222. The van der Waals surface area contributed by atoms with Crippen LogP contribution in [0.1, 0.15) is 31.2 Å². The van der Waals surface area contributed by atoms with Crippen molar-refractivity contribution < 1.29 is 9.50 Å². The van der Waals surface area contributed by atoms with Crippen LogP contribution in [-0.2, 0) is 6.54 Å². The second-order valence-corrected chi connectivity index (χ2v) is 5.30. The van der Waals surface area contributed by atoms with E-state index in [2.05, 4.69) is 4.90 Å². The SMILES string of the molecule is OCCN(Cc1cc(Cl)ccc1F)C1CCCC1. The molecule has 1 aliphatic carbocycles. The minimum Gasteiger partial charge on any atom is -0.395 e. The van der Waals surface area contributed by atoms with Gasteiger partial charge in [0.15, 0.2) is 0 Å². The zero-order valence-corrected chi connectivity index (χ0v) is 11.2. The number of benzene rings is 1. The van der Waals surface area contributed by atoms with E-state index in [1.54, 1.807) is 12.1 Å². The number of nitrogens with zero attached hydrogens (tertiary/aromatic N) is 1. The summed E-state index contributed by atoms with van der Waals surface area (Å²) in [5.41, 5.74) is 0.614. The monoisotopic (exact) mass is 271 g/mol. The van der Waals surface area contributed by atoms with Gasteiger partial charge in [0.05, 0.1) is 6.61 Å². The van der Waals surface area contributed by atoms with E-state index in [9.17, 15) is 4.39 Å². The standard InChI is InChI=1S/C14H19ClFNO/c15-12-5-6-14(16)11(9-12)10-17(7-8-18)13-3-1-2-4-13/h5-6,9,13,18H,1-4,7-8,10H2. The normalized spacial score (nSPS) is 16.7. The Morgan fingerprint density at radius 2 is 2.06 bits per heavy atom. The van der Waals surface area contributed by atoms with Crippen LogP contribution in [0.15, 0.2) is 18.2 Å². The molecule has 0 amide bonds. The summed E-state index contributed by atoms with van der Waals surface area (Å²) in [6.45, 7) is 1.23. The van der Waals surface area contributed by atoms with Crippen molar-refractivity contribution in [1.82, 2.24) is 4.90 Å². The van der Waals surface area contributed by atoms with Gasteiger partial charge in [-0.15, -0.1) is 0 Å². The van der Waals surface area contributed by atoms with Gasteiger partial charge in [-0.3, -0.25) is 4.90 Å². The molecule has 18 heavy (non-hydrogen) atoms. The number of hydrogen-bond donors (Lipinski definition) is 1. The number of halogens is 2. The van der Waals surface area contributed by atoms with E-state index in [0.717, 1.165) is 12.8 Å². The molecule has 0 unspecified atom stereocenters. The Hall–Kier alpha value is -0.640. The fourth-order valence-corrected chi connectivity index (χ4v) is 2.87. The molecule has 0 bridgehead atoms. The number of aliphatic hydroxyl groups excluding tert-OH is 1. The maximum atomic E-state index is 13.7. The second-order valence-electron chi connectivity index (χ2n) is 4.87. The molecule has 1 N–H and O–H groups in total. The lowest BCUT2D eigenvalue weighted by Crippen LogP contribution is -2.35. The van der Waals surface area contributed by atoms with E-state index in [4.69, 9.17) is 16.7 Å². The Labute approximate surface area is 112 Å². The molecule has 0 radical (unpaired) electrons. The van der Waals surface area contributed by atoms with E-state index in [0.29, 0.717) is 29.7 Å². The molecule has 1 aromatic carbocycles. The van der Waals surface area contributed by atoms with Crippen LogP contribution < -0.4 is 0 Å². The molecule has 1 aliphatic rings. The smallest absolute Gasteiger partial charge is 0.127 e. The molecular weight excluding hydrogens is 253 g/mol. The van der Waals surface area contributed by atoms with Gasteiger partial charge in [-0.2, -0.15) is 0 Å². The zero-order chi connectivity index (χ0) is 13.0. The van der Waals surface area contributed by atoms with E-state index in [-0.39, 0.29) is 12.4 Å². The summed E-state index contributed by atoms with van der Waals surface area (Å²) < 4.78 is 13.7. The molecule has 0 heterocycles. The Balaban J connectivity index is 2.09. The molecule has 1 aromatic rings. The summed E-state index contributed by atoms with van der Waals surface area (Å²) in [7, 11) is 0. The first-order chi connectivity index (χ1) is 8.70. The Bertz CT molecular complexity index is 393. The fourth-order valence-electron chi connectivity index (χ4n) is 2.67. The van der Waals surface area contributed by atoms with Crippen LogP contribution in [0.4, 0.5) is 4.39 Å². The molecule has 2 nitrogen and oxygen atoms in total. The van der Waals surface area contributed by atoms with Crippen molar-refractivity contribution in [3.8, 4) is 0 Å². The van der Waals surface area contributed by atoms with Gasteiger partial charge < -0.3 is 5.11 Å². The predicted molar refractivity (Wildman–Crippen MR) is 71.2 cm³/mol. The highest BCUT2D eigenvalue weighted by molar-refractivity contribution is 6.30. The minimum absolute atomic E-state index is 0.110. The molecule has 4 heteroatoms. The Morgan fingerprint density at radius 3 is 2.72 bits per heavy atom. The molecule has 0 spiro atoms. The molecule has 2 rings (SSSR count). The largest absolute Gasteiger partial charge is 0.395 e. The van der Waals surface area contributed by atoms with Gasteiger partial charge >= 0.3 is 0 Å². The highest BCUT2D eigenvalue weighted by Crippen LogP contribution is 2.26. The number of rotatable bonds is 5. The van der Waals surface area contributed by atoms with Crippen molar-refractivity contribution in [3.05, 3.63) is 34.6 Å². The Morgan fingerprint density at radius 1 is 1.33 bits per heavy atom. The van der Waals surface area contributed by atoms with E-state index < -0.39 is 0 Å². The lowest BCUT2D eigenvalue weighted by Gasteiger charge is -2.28. The summed E-state index contributed by atoms with van der Waals surface area (Å²) in [6.07, 6.45) is 4.74. The van der Waals surface area contributed by atoms with Crippen molar-refractivity contribution in [2.24, 2.45) is 0 Å². The first-order valence-electron chi connectivity index (χ1n) is 6.49. The summed E-state index contributed by atoms with van der Waals surface area (Å²) >= 11 is 5.90. The van der Waals surface area contributed by atoms with Crippen LogP contribution in [0.25, 0.3) is 0 Å². The van der Waals surface area contributed by atoms with Crippen molar-refractivity contribution in [3.63, 3.8) is 0 Å². The molecule has 0 aromatic heterocycles. The minimum atomic E-state index is -0.222. The van der Waals surface area contributed by atoms with Crippen LogP contribution in [0.3, 0.4) is 0 Å². The molecule has 1 saturated carbocycles. The first-order valence-corrected chi connectivity index (χ1v) is 6.87. The third kappa shape index (κ3) is 3.44. The summed E-state index contributed by atoms with van der Waals surface area (Å²) in [4.78, 5) is 2.17. The first kappa shape index (κ1) is 13.8. The summed E-state index contributed by atoms with van der Waals surface area (Å²) in [6, 6.07) is 5.11. The fraction of sp³-hybridized carbons (Fsp3) is 0.571. The molecular formula is C14H19ClFNO. The average molecular weight is 272 g/mol. The van der Waals surface area contributed by atoms with Crippen molar-refractivity contribution >= 4 is 11.6 Å². The van der Waals surface area contributed by atoms with Gasteiger partial charge in [-0.25, -0.2) is 4.39 Å². The lowest BCUT2D eigenvalue weighted by molar-refractivity contribution is 0.143. The average Bonchev–Trinajstić information content (AvgIpc) is 2.87. The van der Waals surface area contributed by atoms with E-state index in [1.165, 1.54) is 18.9 Å². The van der Waals surface area contributed by atoms with Crippen LogP contribution in [0, 0.1) is 5.82 Å². The molecule has 0 saturated heterocycles. The van der Waals surface area contributed by atoms with Crippen molar-refractivity contribution in [1.29, 1.82) is 0 Å². The highest BCUT2D eigenvalue weighted by atomic mass is 35.5. The van der Waals surface area contributed by atoms with E-state index >= 15 is 0 Å². The predicted octanol–water partition coefficient (Wildman–Crippen LogP) is 3.22. The topological polar surface area (TPSA) is 23.5 Å². The highest BCUT2D eigenvalue weighted by Gasteiger charge is 2.23. The van der Waals surface area contributed by atoms with Crippen molar-refractivity contribution in [2.45, 2.75) is 38.3 Å². The van der Waals surface area contributed by atoms with Gasteiger partial charge in [0, 0.05) is 29.7 Å². The lowest BCUT2D eigenvalue weighted by atomic mass is 10.1. The molecule has 0 atom stereocenters. The second kappa shape index (κ2) is 6.50. The maximum absolute atomic E-state index is 13.7. The van der Waals surface area contributed by atoms with Gasteiger partial charge in [-0.1, -0.05) is 24.4 Å². The van der Waals surface area contributed by atoms with E-state index in [1.807, 2.05) is 0 Å². The Kier molecular flexibility index (Phi) is 4.98. The maximum Gasteiger partial charge on any atom is 0.127 e. The molecule has 1 fully saturated rings. The van der Waals surface area contributed by atoms with Crippen LogP contribution in [-0.4, -0.2) is 29.2 Å². The van der Waals surface area contributed by atoms with Gasteiger partial charge in [-0.05, 0) is 31.0 Å². The van der Waals surface area contributed by atoms with Crippen LogP contribution >= 0.6 is 11.6 Å². The van der Waals surface area contributed by atoms with Crippen LogP contribution in [0.2, 0.25) is 5.02 Å². The zero-order valence-electron chi connectivity index (χ0n) is 10.4. The third-order valence-electron chi connectivity index (χ3n) is 3.61. The molecule has 100 valence electrons. The third-order valence-corrected chi connectivity index (χ3v) is 3.84. The number of hydrogen-bond acceptors (Lipinski definition) is 2. The van der Waals surface area contributed by atoms with Crippen molar-refractivity contribution in [2.75, 3.05) is 13.2 Å². The van der Waals surface area contributed by atoms with Gasteiger partial charge in [0.2, 0.25) is 0 Å². The quantitative estimate of drug-likeness (QED) is 0.889. The van der Waals surface area contributed by atoms with Gasteiger partial charge in [0.25, 0.3) is 0 Å². The van der Waals surface area contributed by atoms with Gasteiger partial charge in [0.1, 0.15) is 5.82 Å². The number of aliphatic hydroxyl groups is 1. The molecule has 0 aliphatic heterocycles. The summed E-state index contributed by atoms with van der Waals surface area (Å²) in [5, 5.41) is 9.69.